The molecule has 0 bridgehead atoms. The first-order chi connectivity index (χ1) is 8.27. The van der Waals surface area contributed by atoms with E-state index in [-0.39, 0.29) is 23.9 Å². The summed E-state index contributed by atoms with van der Waals surface area (Å²) in [5.74, 6) is 0.396. The number of hydrogen-bond donors (Lipinski definition) is 2. The second kappa shape index (κ2) is 6.20. The quantitative estimate of drug-likeness (QED) is 0.570. The molecule has 2 rings (SSSR count). The zero-order chi connectivity index (χ0) is 12.1. The second-order valence-electron chi connectivity index (χ2n) is 5.40. The summed E-state index contributed by atoms with van der Waals surface area (Å²) in [5.41, 5.74) is 6.13. The van der Waals surface area contributed by atoms with Crippen LogP contribution in [0.1, 0.15) is 51.4 Å². The van der Waals surface area contributed by atoms with Gasteiger partial charge in [-0.2, -0.15) is 0 Å². The summed E-state index contributed by atoms with van der Waals surface area (Å²) in [7, 11) is 0. The Morgan fingerprint density at radius 1 is 1.12 bits per heavy atom. The standard InChI is InChI=1S/C14H24N2O/c15-12-9-5-2-6-10-13(12)16-14(17)11-7-3-1-4-8-11/h1,3,11-13H,2,4-10,15H2,(H,16,17). The van der Waals surface area contributed by atoms with Crippen LogP contribution in [-0.2, 0) is 4.79 Å². The summed E-state index contributed by atoms with van der Waals surface area (Å²) in [6.07, 6.45) is 13.0. The van der Waals surface area contributed by atoms with Crippen LogP contribution in [0.25, 0.3) is 0 Å². The van der Waals surface area contributed by atoms with Gasteiger partial charge in [0.2, 0.25) is 5.91 Å². The topological polar surface area (TPSA) is 55.1 Å². The van der Waals surface area contributed by atoms with Gasteiger partial charge < -0.3 is 11.1 Å². The van der Waals surface area contributed by atoms with Crippen molar-refractivity contribution in [2.24, 2.45) is 11.7 Å². The van der Waals surface area contributed by atoms with Crippen LogP contribution in [0.5, 0.6) is 0 Å². The van der Waals surface area contributed by atoms with Crippen molar-refractivity contribution in [3.63, 3.8) is 0 Å². The fourth-order valence-corrected chi connectivity index (χ4v) is 2.85. The molecule has 3 N–H and O–H groups in total. The van der Waals surface area contributed by atoms with Gasteiger partial charge in [0.15, 0.2) is 0 Å². The largest absolute Gasteiger partial charge is 0.352 e. The number of nitrogens with two attached hydrogens (primary N) is 1. The highest BCUT2D eigenvalue weighted by Gasteiger charge is 2.25. The lowest BCUT2D eigenvalue weighted by molar-refractivity contribution is -0.126. The van der Waals surface area contributed by atoms with Gasteiger partial charge in [0.25, 0.3) is 0 Å². The van der Waals surface area contributed by atoms with Gasteiger partial charge in [-0.15, -0.1) is 0 Å². The third-order valence-corrected chi connectivity index (χ3v) is 4.04. The zero-order valence-electron chi connectivity index (χ0n) is 10.5. The van der Waals surface area contributed by atoms with Gasteiger partial charge in [0, 0.05) is 18.0 Å². The summed E-state index contributed by atoms with van der Waals surface area (Å²) in [4.78, 5) is 12.1. The summed E-state index contributed by atoms with van der Waals surface area (Å²) in [5, 5.41) is 3.18. The van der Waals surface area contributed by atoms with E-state index < -0.39 is 0 Å². The fraction of sp³-hybridized carbons (Fsp3) is 0.786. The summed E-state index contributed by atoms with van der Waals surface area (Å²) in [6.45, 7) is 0. The van der Waals surface area contributed by atoms with Crippen molar-refractivity contribution < 1.29 is 4.79 Å². The number of carbonyl (C=O) groups excluding carboxylic acids is 1. The maximum atomic E-state index is 12.1. The normalized spacial score (nSPS) is 34.1. The van der Waals surface area contributed by atoms with E-state index in [1.54, 1.807) is 0 Å². The van der Waals surface area contributed by atoms with Crippen LogP contribution in [0.2, 0.25) is 0 Å². The molecule has 0 aromatic heterocycles. The van der Waals surface area contributed by atoms with E-state index >= 15 is 0 Å². The third-order valence-electron chi connectivity index (χ3n) is 4.04. The molecule has 3 nitrogen and oxygen atoms in total. The second-order valence-corrected chi connectivity index (χ2v) is 5.40. The van der Waals surface area contributed by atoms with Crippen molar-refractivity contribution in [2.45, 2.75) is 63.5 Å². The van der Waals surface area contributed by atoms with Crippen molar-refractivity contribution in [3.05, 3.63) is 12.2 Å². The number of allylic oxidation sites excluding steroid dienone is 2. The molecule has 1 saturated carbocycles. The van der Waals surface area contributed by atoms with E-state index in [1.165, 1.54) is 19.3 Å². The van der Waals surface area contributed by atoms with Gasteiger partial charge in [-0.05, 0) is 32.1 Å². The highest BCUT2D eigenvalue weighted by molar-refractivity contribution is 5.79. The molecule has 0 heterocycles. The molecule has 17 heavy (non-hydrogen) atoms. The molecule has 0 aromatic carbocycles. The lowest BCUT2D eigenvalue weighted by Gasteiger charge is -2.26. The fourth-order valence-electron chi connectivity index (χ4n) is 2.85. The maximum Gasteiger partial charge on any atom is 0.223 e. The summed E-state index contributed by atoms with van der Waals surface area (Å²) in [6, 6.07) is 0.358. The molecule has 96 valence electrons. The molecule has 0 spiro atoms. The maximum absolute atomic E-state index is 12.1. The van der Waals surface area contributed by atoms with Crippen molar-refractivity contribution in [1.82, 2.24) is 5.32 Å². The monoisotopic (exact) mass is 236 g/mol. The Morgan fingerprint density at radius 2 is 1.94 bits per heavy atom. The molecular weight excluding hydrogens is 212 g/mol. The minimum absolute atomic E-state index is 0.153. The Morgan fingerprint density at radius 3 is 2.71 bits per heavy atom. The van der Waals surface area contributed by atoms with E-state index in [1.807, 2.05) is 0 Å². The van der Waals surface area contributed by atoms with Crippen LogP contribution in [0.4, 0.5) is 0 Å². The highest BCUT2D eigenvalue weighted by Crippen LogP contribution is 2.21. The lowest BCUT2D eigenvalue weighted by Crippen LogP contribution is -2.48. The Kier molecular flexibility index (Phi) is 4.60. The molecule has 2 aliphatic rings. The van der Waals surface area contributed by atoms with Crippen LogP contribution in [0.3, 0.4) is 0 Å². The lowest BCUT2D eigenvalue weighted by atomic mass is 9.92. The minimum Gasteiger partial charge on any atom is -0.352 e. The molecule has 3 heteroatoms. The minimum atomic E-state index is 0.153. The molecule has 0 aromatic rings. The zero-order valence-corrected chi connectivity index (χ0v) is 10.5. The van der Waals surface area contributed by atoms with Crippen LogP contribution in [0.15, 0.2) is 12.2 Å². The molecule has 0 aliphatic heterocycles. The van der Waals surface area contributed by atoms with E-state index in [0.717, 1.165) is 32.1 Å². The third kappa shape index (κ3) is 3.56. The van der Waals surface area contributed by atoms with Crippen molar-refractivity contribution >= 4 is 5.91 Å². The average Bonchev–Trinajstić information content (AvgIpc) is 2.56. The first-order valence-electron chi connectivity index (χ1n) is 6.98. The van der Waals surface area contributed by atoms with Crippen LogP contribution in [0, 0.1) is 5.92 Å². The number of amides is 1. The first-order valence-corrected chi connectivity index (χ1v) is 6.98. The molecule has 3 unspecified atom stereocenters. The number of nitrogens with one attached hydrogen (secondary N) is 1. The predicted octanol–water partition coefficient (Wildman–Crippen LogP) is 2.12. The molecule has 3 atom stereocenters. The highest BCUT2D eigenvalue weighted by atomic mass is 16.1. The van der Waals surface area contributed by atoms with E-state index in [9.17, 15) is 4.79 Å². The molecule has 1 amide bonds. The number of rotatable bonds is 2. The van der Waals surface area contributed by atoms with Crippen molar-refractivity contribution in [2.75, 3.05) is 0 Å². The summed E-state index contributed by atoms with van der Waals surface area (Å²) >= 11 is 0. The van der Waals surface area contributed by atoms with E-state index in [4.69, 9.17) is 5.73 Å². The van der Waals surface area contributed by atoms with Crippen LogP contribution in [-0.4, -0.2) is 18.0 Å². The van der Waals surface area contributed by atoms with Crippen LogP contribution >= 0.6 is 0 Å². The van der Waals surface area contributed by atoms with Gasteiger partial charge in [-0.3, -0.25) is 4.79 Å². The summed E-state index contributed by atoms with van der Waals surface area (Å²) < 4.78 is 0. The molecule has 0 radical (unpaired) electrons. The SMILES string of the molecule is NC1CCCCCC1NC(=O)C1CC=CCC1. The Balaban J connectivity index is 1.85. The van der Waals surface area contributed by atoms with Gasteiger partial charge in [-0.25, -0.2) is 0 Å². The molecule has 2 aliphatic carbocycles. The van der Waals surface area contributed by atoms with Crippen molar-refractivity contribution in [3.8, 4) is 0 Å². The van der Waals surface area contributed by atoms with Crippen molar-refractivity contribution in [1.29, 1.82) is 0 Å². The smallest absolute Gasteiger partial charge is 0.223 e. The molecule has 0 saturated heterocycles. The van der Waals surface area contributed by atoms with Gasteiger partial charge >= 0.3 is 0 Å². The first kappa shape index (κ1) is 12.6. The van der Waals surface area contributed by atoms with Gasteiger partial charge in [0.1, 0.15) is 0 Å². The van der Waals surface area contributed by atoms with E-state index in [0.29, 0.717) is 0 Å². The van der Waals surface area contributed by atoms with Crippen LogP contribution < -0.4 is 11.1 Å². The average molecular weight is 236 g/mol. The Hall–Kier alpha value is -0.830. The molecular formula is C14H24N2O. The number of hydrogen-bond acceptors (Lipinski definition) is 2. The van der Waals surface area contributed by atoms with Gasteiger partial charge in [0.05, 0.1) is 0 Å². The number of carbonyl (C=O) groups is 1. The predicted molar refractivity (Wildman–Crippen MR) is 69.5 cm³/mol. The molecule has 1 fully saturated rings. The Bertz CT molecular complexity index is 288. The van der Waals surface area contributed by atoms with E-state index in [2.05, 4.69) is 17.5 Å². The Labute approximate surface area is 104 Å². The van der Waals surface area contributed by atoms with Gasteiger partial charge in [-0.1, -0.05) is 31.4 Å².